The molecule has 4 rings (SSSR count). The molecule has 4 nitrogen and oxygen atoms in total. The van der Waals surface area contributed by atoms with Gasteiger partial charge in [0.1, 0.15) is 11.4 Å². The summed E-state index contributed by atoms with van der Waals surface area (Å²) in [6, 6.07) is 0. The molecule has 0 unspecified atom stereocenters. The summed E-state index contributed by atoms with van der Waals surface area (Å²) in [5.74, 6) is 0. The van der Waals surface area contributed by atoms with Crippen LogP contribution in [0.3, 0.4) is 0 Å². The van der Waals surface area contributed by atoms with Crippen molar-refractivity contribution < 1.29 is 0 Å². The maximum absolute atomic E-state index is 4.73. The largest absolute Gasteiger partial charge is 0.294 e. The molecule has 0 radical (unpaired) electrons. The predicted octanol–water partition coefficient (Wildman–Crippen LogP) is 3.04. The molecule has 0 spiro atoms. The molecule has 0 fully saturated rings. The molecule has 1 aliphatic rings. The van der Waals surface area contributed by atoms with Gasteiger partial charge in [-0.2, -0.15) is 0 Å². The average Bonchev–Trinajstić information content (AvgIpc) is 2.96. The molecule has 0 atom stereocenters. The number of hydrogen-bond acceptors (Lipinski definition) is 4. The molecule has 0 N–H and O–H groups in total. The van der Waals surface area contributed by atoms with Gasteiger partial charge in [-0.1, -0.05) is 0 Å². The van der Waals surface area contributed by atoms with E-state index < -0.39 is 0 Å². The van der Waals surface area contributed by atoms with Crippen LogP contribution in [0.2, 0.25) is 0 Å². The van der Waals surface area contributed by atoms with Gasteiger partial charge in [0.25, 0.3) is 0 Å². The number of aromatic nitrogens is 4. The van der Waals surface area contributed by atoms with Crippen molar-refractivity contribution in [2.24, 2.45) is 0 Å². The zero-order valence-electron chi connectivity index (χ0n) is 10.8. The molecule has 0 saturated carbocycles. The van der Waals surface area contributed by atoms with Crippen LogP contribution in [-0.2, 0) is 12.8 Å². The third kappa shape index (κ3) is 1.69. The standard InChI is InChI=1S/C14H14N4S/c1-9-13(16-7-6-15-9)10-8-18-11-4-2-3-5-12(11)19-14(18)17-10/h6-8H,2-5H2,1H3. The Hall–Kier alpha value is -1.75. The maximum atomic E-state index is 4.73. The lowest BCUT2D eigenvalue weighted by Gasteiger charge is -2.09. The molecular weight excluding hydrogens is 256 g/mol. The Morgan fingerprint density at radius 1 is 1.16 bits per heavy atom. The van der Waals surface area contributed by atoms with Gasteiger partial charge in [-0.25, -0.2) is 4.98 Å². The fourth-order valence-electron chi connectivity index (χ4n) is 2.74. The summed E-state index contributed by atoms with van der Waals surface area (Å²) >= 11 is 1.82. The Kier molecular flexibility index (Phi) is 2.41. The quantitative estimate of drug-likeness (QED) is 0.682. The molecule has 3 aromatic rings. The highest BCUT2D eigenvalue weighted by Gasteiger charge is 2.19. The molecule has 3 heterocycles. The molecular formula is C14H14N4S. The number of thiazole rings is 1. The highest BCUT2D eigenvalue weighted by molar-refractivity contribution is 7.17. The fourth-order valence-corrected chi connectivity index (χ4v) is 3.93. The van der Waals surface area contributed by atoms with Gasteiger partial charge >= 0.3 is 0 Å². The summed E-state index contributed by atoms with van der Waals surface area (Å²) < 4.78 is 2.25. The van der Waals surface area contributed by atoms with Gasteiger partial charge in [0.05, 0.1) is 5.69 Å². The Balaban J connectivity index is 1.89. The summed E-state index contributed by atoms with van der Waals surface area (Å²) in [7, 11) is 0. The van der Waals surface area contributed by atoms with Crippen molar-refractivity contribution in [3.63, 3.8) is 0 Å². The second-order valence-electron chi connectivity index (χ2n) is 4.95. The second-order valence-corrected chi connectivity index (χ2v) is 6.01. The highest BCUT2D eigenvalue weighted by atomic mass is 32.1. The van der Waals surface area contributed by atoms with E-state index in [9.17, 15) is 0 Å². The lowest BCUT2D eigenvalue weighted by molar-refractivity contribution is 0.674. The lowest BCUT2D eigenvalue weighted by atomic mass is 10.0. The molecule has 0 bridgehead atoms. The third-order valence-electron chi connectivity index (χ3n) is 3.69. The van der Waals surface area contributed by atoms with Crippen molar-refractivity contribution in [2.75, 3.05) is 0 Å². The summed E-state index contributed by atoms with van der Waals surface area (Å²) in [5, 5.41) is 0. The Bertz CT molecular complexity index is 756. The van der Waals surface area contributed by atoms with Gasteiger partial charge < -0.3 is 0 Å². The molecule has 0 aromatic carbocycles. The number of hydrogen-bond donors (Lipinski definition) is 0. The van der Waals surface area contributed by atoms with Gasteiger partial charge in [0.2, 0.25) is 0 Å². The normalized spacial score (nSPS) is 14.8. The van der Waals surface area contributed by atoms with E-state index in [4.69, 9.17) is 4.98 Å². The average molecular weight is 270 g/mol. The van der Waals surface area contributed by atoms with Crippen LogP contribution >= 0.6 is 11.3 Å². The van der Waals surface area contributed by atoms with E-state index in [0.29, 0.717) is 0 Å². The van der Waals surface area contributed by atoms with Gasteiger partial charge in [-0.3, -0.25) is 14.4 Å². The number of rotatable bonds is 1. The van der Waals surface area contributed by atoms with E-state index in [0.717, 1.165) is 22.0 Å². The number of aryl methyl sites for hydroxylation is 3. The molecule has 19 heavy (non-hydrogen) atoms. The Morgan fingerprint density at radius 3 is 2.89 bits per heavy atom. The van der Waals surface area contributed by atoms with Crippen molar-refractivity contribution in [1.82, 2.24) is 19.4 Å². The zero-order valence-corrected chi connectivity index (χ0v) is 11.6. The van der Waals surface area contributed by atoms with Crippen LogP contribution in [-0.4, -0.2) is 19.4 Å². The van der Waals surface area contributed by atoms with Crippen LogP contribution in [0.5, 0.6) is 0 Å². The van der Waals surface area contributed by atoms with E-state index in [-0.39, 0.29) is 0 Å². The minimum Gasteiger partial charge on any atom is -0.294 e. The van der Waals surface area contributed by atoms with Crippen LogP contribution in [0.25, 0.3) is 16.3 Å². The van der Waals surface area contributed by atoms with Gasteiger partial charge in [-0.15, -0.1) is 11.3 Å². The second kappa shape index (κ2) is 4.13. The SMILES string of the molecule is Cc1nccnc1-c1cn2c3c(sc2n1)CCCC3. The molecule has 5 heteroatoms. The van der Waals surface area contributed by atoms with Crippen LogP contribution in [0.1, 0.15) is 29.1 Å². The van der Waals surface area contributed by atoms with Gasteiger partial charge in [-0.05, 0) is 32.6 Å². The van der Waals surface area contributed by atoms with Crippen molar-refractivity contribution >= 4 is 16.3 Å². The van der Waals surface area contributed by atoms with E-state index in [1.54, 1.807) is 12.4 Å². The minimum atomic E-state index is 0.892. The van der Waals surface area contributed by atoms with Crippen molar-refractivity contribution in [3.8, 4) is 11.4 Å². The molecule has 96 valence electrons. The zero-order chi connectivity index (χ0) is 12.8. The Labute approximate surface area is 115 Å². The van der Waals surface area contributed by atoms with E-state index in [2.05, 4.69) is 20.6 Å². The first kappa shape index (κ1) is 11.1. The van der Waals surface area contributed by atoms with Gasteiger partial charge in [0.15, 0.2) is 4.96 Å². The smallest absolute Gasteiger partial charge is 0.194 e. The van der Waals surface area contributed by atoms with Crippen LogP contribution < -0.4 is 0 Å². The van der Waals surface area contributed by atoms with E-state index in [1.807, 2.05) is 18.3 Å². The third-order valence-corrected chi connectivity index (χ3v) is 4.85. The first-order valence-electron chi connectivity index (χ1n) is 6.60. The summed E-state index contributed by atoms with van der Waals surface area (Å²) in [6.45, 7) is 1.98. The van der Waals surface area contributed by atoms with E-state index >= 15 is 0 Å². The maximum Gasteiger partial charge on any atom is 0.194 e. The topological polar surface area (TPSA) is 43.1 Å². The summed E-state index contributed by atoms with van der Waals surface area (Å²) in [6.07, 6.45) is 10.5. The number of nitrogens with zero attached hydrogens (tertiary/aromatic N) is 4. The minimum absolute atomic E-state index is 0.892. The van der Waals surface area contributed by atoms with Crippen molar-refractivity contribution in [3.05, 3.63) is 34.9 Å². The first-order chi connectivity index (χ1) is 9.33. The summed E-state index contributed by atoms with van der Waals surface area (Å²) in [5.41, 5.74) is 4.21. The lowest BCUT2D eigenvalue weighted by Crippen LogP contribution is -2.01. The number of fused-ring (bicyclic) bond motifs is 3. The molecule has 1 aliphatic carbocycles. The first-order valence-corrected chi connectivity index (χ1v) is 7.42. The molecule has 3 aromatic heterocycles. The van der Waals surface area contributed by atoms with Crippen LogP contribution in [0.15, 0.2) is 18.6 Å². The van der Waals surface area contributed by atoms with Crippen LogP contribution in [0, 0.1) is 6.92 Å². The number of imidazole rings is 1. The summed E-state index contributed by atoms with van der Waals surface area (Å²) in [4.78, 5) is 16.0. The highest BCUT2D eigenvalue weighted by Crippen LogP contribution is 2.31. The van der Waals surface area contributed by atoms with Crippen molar-refractivity contribution in [2.45, 2.75) is 32.6 Å². The fraction of sp³-hybridized carbons (Fsp3) is 0.357. The van der Waals surface area contributed by atoms with E-state index in [1.165, 1.54) is 36.3 Å². The van der Waals surface area contributed by atoms with Crippen LogP contribution in [0.4, 0.5) is 0 Å². The molecule has 0 aliphatic heterocycles. The molecule has 0 amide bonds. The van der Waals surface area contributed by atoms with Crippen molar-refractivity contribution in [1.29, 1.82) is 0 Å². The van der Waals surface area contributed by atoms with Gasteiger partial charge in [0, 0.05) is 29.2 Å². The molecule has 0 saturated heterocycles. The monoisotopic (exact) mass is 270 g/mol. The Morgan fingerprint density at radius 2 is 2.00 bits per heavy atom. The predicted molar refractivity (Wildman–Crippen MR) is 75.5 cm³/mol.